The predicted octanol–water partition coefficient (Wildman–Crippen LogP) is 1.45. The molecule has 2 aromatic heterocycles. The van der Waals surface area contributed by atoms with Crippen LogP contribution >= 0.6 is 0 Å². The summed E-state index contributed by atoms with van der Waals surface area (Å²) in [6.45, 7) is 10.5. The number of aryl methyl sites for hydroxylation is 1. The van der Waals surface area contributed by atoms with Gasteiger partial charge in [-0.3, -0.25) is 4.99 Å². The summed E-state index contributed by atoms with van der Waals surface area (Å²) >= 11 is 0. The third-order valence-electron chi connectivity index (χ3n) is 4.24. The summed E-state index contributed by atoms with van der Waals surface area (Å²) < 4.78 is 2.05. The van der Waals surface area contributed by atoms with Gasteiger partial charge in [-0.1, -0.05) is 13.0 Å². The van der Waals surface area contributed by atoms with Crippen molar-refractivity contribution >= 4 is 11.8 Å². The zero-order valence-electron chi connectivity index (χ0n) is 16.2. The standard InChI is InChI=1S/C18H30N8/c1-5-16-24-23-14-26(16)11-10-20-18(19-4)22-13-15-8-9-17(21-12-15)25(6-2)7-3/h8-9,12,14H,5-7,10-11,13H2,1-4H3,(H2,19,20,22). The van der Waals surface area contributed by atoms with Crippen LogP contribution in [0.15, 0.2) is 29.6 Å². The number of aliphatic imine (C=N–C) groups is 1. The van der Waals surface area contributed by atoms with Crippen LogP contribution in [-0.2, 0) is 19.5 Å². The van der Waals surface area contributed by atoms with Gasteiger partial charge in [0, 0.05) is 52.4 Å². The van der Waals surface area contributed by atoms with E-state index in [4.69, 9.17) is 0 Å². The van der Waals surface area contributed by atoms with Gasteiger partial charge in [-0.2, -0.15) is 0 Å². The molecule has 2 heterocycles. The van der Waals surface area contributed by atoms with Gasteiger partial charge < -0.3 is 20.1 Å². The second-order valence-electron chi connectivity index (χ2n) is 5.84. The SMILES string of the molecule is CCc1nncn1CCNC(=NC)NCc1ccc(N(CC)CC)nc1. The number of aromatic nitrogens is 4. The maximum atomic E-state index is 4.55. The molecular formula is C18H30N8. The van der Waals surface area contributed by atoms with Gasteiger partial charge in [-0.05, 0) is 25.5 Å². The number of hydrogen-bond donors (Lipinski definition) is 2. The Kier molecular flexibility index (Phi) is 7.85. The molecule has 0 unspecified atom stereocenters. The molecule has 2 rings (SSSR count). The summed E-state index contributed by atoms with van der Waals surface area (Å²) in [4.78, 5) is 11.0. The lowest BCUT2D eigenvalue weighted by atomic mass is 10.2. The fourth-order valence-electron chi connectivity index (χ4n) is 2.70. The molecule has 0 radical (unpaired) electrons. The van der Waals surface area contributed by atoms with Gasteiger partial charge in [-0.25, -0.2) is 4.98 Å². The van der Waals surface area contributed by atoms with Crippen LogP contribution < -0.4 is 15.5 Å². The smallest absolute Gasteiger partial charge is 0.191 e. The van der Waals surface area contributed by atoms with Crippen molar-refractivity contribution in [2.45, 2.75) is 40.3 Å². The van der Waals surface area contributed by atoms with Gasteiger partial charge >= 0.3 is 0 Å². The Balaban J connectivity index is 1.79. The van der Waals surface area contributed by atoms with Crippen LogP contribution in [0, 0.1) is 0 Å². The van der Waals surface area contributed by atoms with Crippen molar-refractivity contribution in [1.29, 1.82) is 0 Å². The molecular weight excluding hydrogens is 328 g/mol. The number of anilines is 1. The number of guanidine groups is 1. The van der Waals surface area contributed by atoms with Crippen LogP contribution in [0.3, 0.4) is 0 Å². The maximum absolute atomic E-state index is 4.55. The van der Waals surface area contributed by atoms with Crippen molar-refractivity contribution in [2.75, 3.05) is 31.6 Å². The minimum Gasteiger partial charge on any atom is -0.357 e. The van der Waals surface area contributed by atoms with E-state index in [1.54, 1.807) is 13.4 Å². The van der Waals surface area contributed by atoms with E-state index < -0.39 is 0 Å². The zero-order valence-corrected chi connectivity index (χ0v) is 16.2. The van der Waals surface area contributed by atoms with E-state index in [9.17, 15) is 0 Å². The fraction of sp³-hybridized carbons (Fsp3) is 0.556. The van der Waals surface area contributed by atoms with E-state index >= 15 is 0 Å². The van der Waals surface area contributed by atoms with Gasteiger partial charge in [0.05, 0.1) is 0 Å². The molecule has 8 nitrogen and oxygen atoms in total. The maximum Gasteiger partial charge on any atom is 0.191 e. The number of nitrogens with zero attached hydrogens (tertiary/aromatic N) is 6. The first-order valence-electron chi connectivity index (χ1n) is 9.22. The highest BCUT2D eigenvalue weighted by Gasteiger charge is 2.05. The molecule has 0 bridgehead atoms. The van der Waals surface area contributed by atoms with Gasteiger partial charge in [0.2, 0.25) is 0 Å². The molecule has 2 N–H and O–H groups in total. The molecule has 142 valence electrons. The minimum atomic E-state index is 0.679. The second-order valence-corrected chi connectivity index (χ2v) is 5.84. The van der Waals surface area contributed by atoms with Crippen LogP contribution in [0.4, 0.5) is 5.82 Å². The van der Waals surface area contributed by atoms with E-state index in [-0.39, 0.29) is 0 Å². The van der Waals surface area contributed by atoms with E-state index in [1.165, 1.54) is 0 Å². The van der Waals surface area contributed by atoms with Crippen LogP contribution in [0.5, 0.6) is 0 Å². The predicted molar refractivity (Wildman–Crippen MR) is 105 cm³/mol. The Morgan fingerprint density at radius 2 is 2.00 bits per heavy atom. The minimum absolute atomic E-state index is 0.679. The molecule has 0 aliphatic carbocycles. The summed E-state index contributed by atoms with van der Waals surface area (Å²) in [5, 5.41) is 14.7. The lowest BCUT2D eigenvalue weighted by Crippen LogP contribution is -2.38. The number of pyridine rings is 1. The van der Waals surface area contributed by atoms with Crippen molar-refractivity contribution in [3.8, 4) is 0 Å². The van der Waals surface area contributed by atoms with Crippen molar-refractivity contribution in [3.63, 3.8) is 0 Å². The largest absolute Gasteiger partial charge is 0.357 e. The first-order chi connectivity index (χ1) is 12.7. The summed E-state index contributed by atoms with van der Waals surface area (Å²) in [5.41, 5.74) is 1.12. The Morgan fingerprint density at radius 1 is 1.19 bits per heavy atom. The molecule has 0 spiro atoms. The van der Waals surface area contributed by atoms with E-state index in [2.05, 4.69) is 73.2 Å². The summed E-state index contributed by atoms with van der Waals surface area (Å²) in [6.07, 6.45) is 4.56. The average molecular weight is 358 g/mol. The van der Waals surface area contributed by atoms with E-state index in [1.807, 2.05) is 6.20 Å². The van der Waals surface area contributed by atoms with Crippen molar-refractivity contribution in [3.05, 3.63) is 36.0 Å². The average Bonchev–Trinajstić information content (AvgIpc) is 3.14. The Bertz CT molecular complexity index is 673. The van der Waals surface area contributed by atoms with Gasteiger partial charge in [0.25, 0.3) is 0 Å². The molecule has 0 aliphatic rings. The number of hydrogen-bond acceptors (Lipinski definition) is 5. The molecule has 0 saturated heterocycles. The van der Waals surface area contributed by atoms with Crippen LogP contribution in [0.25, 0.3) is 0 Å². The van der Waals surface area contributed by atoms with Gasteiger partial charge in [0.1, 0.15) is 18.0 Å². The monoisotopic (exact) mass is 358 g/mol. The quantitative estimate of drug-likeness (QED) is 0.521. The van der Waals surface area contributed by atoms with Crippen molar-refractivity contribution in [2.24, 2.45) is 4.99 Å². The molecule has 0 aromatic carbocycles. The summed E-state index contributed by atoms with van der Waals surface area (Å²) in [6, 6.07) is 4.17. The number of rotatable bonds is 9. The fourth-order valence-corrected chi connectivity index (χ4v) is 2.70. The third-order valence-corrected chi connectivity index (χ3v) is 4.24. The van der Waals surface area contributed by atoms with Crippen LogP contribution in [-0.4, -0.2) is 52.4 Å². The first kappa shape index (κ1) is 19.7. The topological polar surface area (TPSA) is 83.3 Å². The molecule has 26 heavy (non-hydrogen) atoms. The van der Waals surface area contributed by atoms with Crippen molar-refractivity contribution < 1.29 is 0 Å². The molecule has 8 heteroatoms. The normalized spacial score (nSPS) is 11.5. The molecule has 0 saturated carbocycles. The lowest BCUT2D eigenvalue weighted by Gasteiger charge is -2.19. The zero-order chi connectivity index (χ0) is 18.8. The molecule has 0 fully saturated rings. The van der Waals surface area contributed by atoms with Crippen LogP contribution in [0.1, 0.15) is 32.2 Å². The highest BCUT2D eigenvalue weighted by atomic mass is 15.3. The summed E-state index contributed by atoms with van der Waals surface area (Å²) in [7, 11) is 1.77. The van der Waals surface area contributed by atoms with E-state index in [0.29, 0.717) is 6.54 Å². The highest BCUT2D eigenvalue weighted by molar-refractivity contribution is 5.79. The molecule has 0 aliphatic heterocycles. The number of nitrogens with one attached hydrogen (secondary N) is 2. The second kappa shape index (κ2) is 10.4. The Morgan fingerprint density at radius 3 is 2.62 bits per heavy atom. The van der Waals surface area contributed by atoms with Gasteiger partial charge in [0.15, 0.2) is 5.96 Å². The third kappa shape index (κ3) is 5.44. The van der Waals surface area contributed by atoms with E-state index in [0.717, 1.165) is 55.8 Å². The lowest BCUT2D eigenvalue weighted by molar-refractivity contribution is 0.632. The molecule has 0 amide bonds. The van der Waals surface area contributed by atoms with Crippen molar-refractivity contribution in [1.82, 2.24) is 30.4 Å². The first-order valence-corrected chi connectivity index (χ1v) is 9.22. The summed E-state index contributed by atoms with van der Waals surface area (Å²) in [5.74, 6) is 2.78. The van der Waals surface area contributed by atoms with Crippen LogP contribution in [0.2, 0.25) is 0 Å². The molecule has 2 aromatic rings. The Labute approximate surface area is 155 Å². The van der Waals surface area contributed by atoms with Gasteiger partial charge in [-0.15, -0.1) is 10.2 Å². The molecule has 0 atom stereocenters. The highest BCUT2D eigenvalue weighted by Crippen LogP contribution is 2.10. The Hall–Kier alpha value is -2.64.